The first-order valence-electron chi connectivity index (χ1n) is 8.41. The number of rotatable bonds is 8. The number of methoxy groups -OCH3 is 2. The molecule has 0 fully saturated rings. The fourth-order valence-corrected chi connectivity index (χ4v) is 3.35. The van der Waals surface area contributed by atoms with Gasteiger partial charge in [0, 0.05) is 24.3 Å². The standard InChI is InChI=1S/C19H19N3O5S/c1-25-14-9-7-13(8-10-14)22-18(19(24)27-21-22)28-12-11-17(23)20-15-5-3-4-6-16(15)26-2/h3-10H,11-12H2,1-2H3,(H-,20,21,23,24). The molecule has 0 spiro atoms. The molecule has 0 saturated heterocycles. The quantitative estimate of drug-likeness (QED) is 0.456. The van der Waals surface area contributed by atoms with Crippen LogP contribution in [0, 0.1) is 0 Å². The van der Waals surface area contributed by atoms with Crippen LogP contribution < -0.4 is 24.6 Å². The van der Waals surface area contributed by atoms with E-state index in [1.165, 1.54) is 16.4 Å². The van der Waals surface area contributed by atoms with Gasteiger partial charge in [0.1, 0.15) is 11.5 Å². The maximum atomic E-state index is 12.2. The Balaban J connectivity index is 1.62. The molecule has 1 heterocycles. The Morgan fingerprint density at radius 1 is 1.18 bits per heavy atom. The molecule has 0 unspecified atom stereocenters. The number of carbonyl (C=O) groups excluding carboxylic acids is 1. The summed E-state index contributed by atoms with van der Waals surface area (Å²) in [6, 6.07) is 14.2. The summed E-state index contributed by atoms with van der Waals surface area (Å²) < 4.78 is 16.5. The molecular formula is C19H19N3O5S. The number of nitrogens with one attached hydrogen (secondary N) is 1. The number of benzene rings is 2. The van der Waals surface area contributed by atoms with E-state index in [4.69, 9.17) is 14.0 Å². The van der Waals surface area contributed by atoms with Gasteiger partial charge < -0.3 is 24.4 Å². The van der Waals surface area contributed by atoms with Gasteiger partial charge in [-0.05, 0) is 28.9 Å². The molecule has 0 atom stereocenters. The third kappa shape index (κ3) is 4.55. The van der Waals surface area contributed by atoms with Crippen molar-refractivity contribution in [3.05, 3.63) is 48.5 Å². The van der Waals surface area contributed by atoms with Crippen LogP contribution in [-0.2, 0) is 4.79 Å². The summed E-state index contributed by atoms with van der Waals surface area (Å²) in [5.41, 5.74) is 1.26. The molecular weight excluding hydrogens is 382 g/mol. The van der Waals surface area contributed by atoms with Gasteiger partial charge in [0.25, 0.3) is 5.03 Å². The second-order valence-electron chi connectivity index (χ2n) is 5.62. The van der Waals surface area contributed by atoms with Crippen LogP contribution in [0.3, 0.4) is 0 Å². The van der Waals surface area contributed by atoms with Crippen LogP contribution in [0.25, 0.3) is 5.69 Å². The number of thioether (sulfide) groups is 1. The third-order valence-electron chi connectivity index (χ3n) is 3.84. The van der Waals surface area contributed by atoms with E-state index in [1.807, 2.05) is 12.1 Å². The van der Waals surface area contributed by atoms with Crippen LogP contribution in [0.4, 0.5) is 5.69 Å². The number of amides is 1. The van der Waals surface area contributed by atoms with E-state index in [0.717, 1.165) is 0 Å². The van der Waals surface area contributed by atoms with Crippen molar-refractivity contribution in [2.24, 2.45) is 0 Å². The summed E-state index contributed by atoms with van der Waals surface area (Å²) in [5, 5.41) is 18.9. The lowest BCUT2D eigenvalue weighted by atomic mass is 10.3. The second kappa shape index (κ2) is 9.14. The zero-order valence-electron chi connectivity index (χ0n) is 15.4. The maximum Gasteiger partial charge on any atom is 0.297 e. The monoisotopic (exact) mass is 401 g/mol. The van der Waals surface area contributed by atoms with Gasteiger partial charge in [-0.2, -0.15) is 0 Å². The van der Waals surface area contributed by atoms with Gasteiger partial charge in [-0.1, -0.05) is 23.9 Å². The lowest BCUT2D eigenvalue weighted by Gasteiger charge is -2.09. The third-order valence-corrected chi connectivity index (χ3v) is 4.86. The van der Waals surface area contributed by atoms with Crippen molar-refractivity contribution in [3.63, 3.8) is 0 Å². The van der Waals surface area contributed by atoms with Crippen LogP contribution in [-0.4, -0.2) is 31.2 Å². The van der Waals surface area contributed by atoms with E-state index in [9.17, 15) is 9.90 Å². The summed E-state index contributed by atoms with van der Waals surface area (Å²) >= 11 is 1.20. The number of hydrogen-bond donors (Lipinski definition) is 1. The summed E-state index contributed by atoms with van der Waals surface area (Å²) in [7, 11) is 3.12. The Kier molecular flexibility index (Phi) is 6.38. The SMILES string of the molecule is COc1ccc(-[n+]2noc([O-])c2SCCC(=O)Nc2ccccc2OC)cc1. The largest absolute Gasteiger partial charge is 0.538 e. The summed E-state index contributed by atoms with van der Waals surface area (Å²) in [6.07, 6.45) is 0.204. The summed E-state index contributed by atoms with van der Waals surface area (Å²) in [4.78, 5) is 12.2. The number of hydrogen-bond acceptors (Lipinski definition) is 7. The van der Waals surface area contributed by atoms with E-state index in [1.54, 1.807) is 50.6 Å². The topological polar surface area (TPSA) is 101 Å². The fourth-order valence-electron chi connectivity index (χ4n) is 2.45. The normalized spacial score (nSPS) is 10.5. The Labute approximate surface area is 166 Å². The van der Waals surface area contributed by atoms with Crippen LogP contribution in [0.2, 0.25) is 0 Å². The van der Waals surface area contributed by atoms with Crippen molar-refractivity contribution in [1.29, 1.82) is 0 Å². The van der Waals surface area contributed by atoms with Crippen molar-refractivity contribution in [3.8, 4) is 23.1 Å². The molecule has 1 amide bonds. The molecule has 2 aromatic carbocycles. The lowest BCUT2D eigenvalue weighted by molar-refractivity contribution is -0.705. The minimum absolute atomic E-state index is 0.183. The molecule has 146 valence electrons. The van der Waals surface area contributed by atoms with Gasteiger partial charge >= 0.3 is 0 Å². The highest BCUT2D eigenvalue weighted by molar-refractivity contribution is 7.99. The average Bonchev–Trinajstić information content (AvgIpc) is 3.09. The molecule has 3 aromatic rings. The molecule has 28 heavy (non-hydrogen) atoms. The van der Waals surface area contributed by atoms with E-state index in [2.05, 4.69) is 10.6 Å². The number of anilines is 1. The number of ether oxygens (including phenoxy) is 2. The predicted octanol–water partition coefficient (Wildman–Crippen LogP) is 2.16. The minimum Gasteiger partial charge on any atom is -0.538 e. The molecule has 0 aliphatic carbocycles. The molecule has 9 heteroatoms. The lowest BCUT2D eigenvalue weighted by Crippen LogP contribution is -2.34. The highest BCUT2D eigenvalue weighted by Gasteiger charge is 2.21. The smallest absolute Gasteiger partial charge is 0.297 e. The molecule has 0 aliphatic heterocycles. The van der Waals surface area contributed by atoms with Gasteiger partial charge in [0.15, 0.2) is 5.95 Å². The van der Waals surface area contributed by atoms with E-state index >= 15 is 0 Å². The van der Waals surface area contributed by atoms with Gasteiger partial charge in [-0.3, -0.25) is 4.79 Å². The Bertz CT molecular complexity index is 943. The predicted molar refractivity (Wildman–Crippen MR) is 101 cm³/mol. The van der Waals surface area contributed by atoms with Gasteiger partial charge in [0.2, 0.25) is 11.6 Å². The number of carbonyl (C=O) groups is 1. The first-order chi connectivity index (χ1) is 13.6. The molecule has 0 bridgehead atoms. The Morgan fingerprint density at radius 3 is 2.64 bits per heavy atom. The number of nitrogens with zero attached hydrogens (tertiary/aromatic N) is 2. The molecule has 3 rings (SSSR count). The zero-order chi connectivity index (χ0) is 19.9. The highest BCUT2D eigenvalue weighted by atomic mass is 32.2. The minimum atomic E-state index is -0.550. The first-order valence-corrected chi connectivity index (χ1v) is 9.40. The van der Waals surface area contributed by atoms with Crippen molar-refractivity contribution in [2.75, 3.05) is 25.3 Å². The van der Waals surface area contributed by atoms with Crippen LogP contribution in [0.1, 0.15) is 6.42 Å². The number of para-hydroxylation sites is 2. The highest BCUT2D eigenvalue weighted by Crippen LogP contribution is 2.26. The molecule has 1 N–H and O–H groups in total. The van der Waals surface area contributed by atoms with Gasteiger partial charge in [-0.15, -0.1) is 0 Å². The van der Waals surface area contributed by atoms with E-state index in [-0.39, 0.29) is 12.3 Å². The van der Waals surface area contributed by atoms with E-state index < -0.39 is 5.95 Å². The second-order valence-corrected chi connectivity index (χ2v) is 6.71. The van der Waals surface area contributed by atoms with E-state index in [0.29, 0.717) is 33.7 Å². The Morgan fingerprint density at radius 2 is 1.93 bits per heavy atom. The fraction of sp³-hybridized carbons (Fsp3) is 0.211. The summed E-state index contributed by atoms with van der Waals surface area (Å²) in [5.74, 6) is 0.926. The molecule has 0 radical (unpaired) electrons. The van der Waals surface area contributed by atoms with Crippen molar-refractivity contribution >= 4 is 23.4 Å². The van der Waals surface area contributed by atoms with Gasteiger partial charge in [-0.25, -0.2) is 0 Å². The molecule has 0 saturated carbocycles. The molecule has 0 aliphatic rings. The maximum absolute atomic E-state index is 12.2. The van der Waals surface area contributed by atoms with Crippen molar-refractivity contribution in [1.82, 2.24) is 5.27 Å². The number of aromatic nitrogens is 2. The zero-order valence-corrected chi connectivity index (χ0v) is 16.2. The Hall–Kier alpha value is -3.20. The van der Waals surface area contributed by atoms with Crippen molar-refractivity contribution in [2.45, 2.75) is 11.4 Å². The van der Waals surface area contributed by atoms with Crippen LogP contribution in [0.5, 0.6) is 17.4 Å². The van der Waals surface area contributed by atoms with Gasteiger partial charge in [0.05, 0.1) is 25.2 Å². The first kappa shape index (κ1) is 19.6. The van der Waals surface area contributed by atoms with Crippen molar-refractivity contribution < 1.29 is 28.6 Å². The summed E-state index contributed by atoms with van der Waals surface area (Å²) in [6.45, 7) is 0. The van der Waals surface area contributed by atoms with Crippen LogP contribution in [0.15, 0.2) is 58.1 Å². The molecule has 8 nitrogen and oxygen atoms in total. The average molecular weight is 401 g/mol. The molecule has 1 aromatic heterocycles. The van der Waals surface area contributed by atoms with Crippen LogP contribution >= 0.6 is 11.8 Å².